The number of hydrogen-bond acceptors (Lipinski definition) is 6. The Kier molecular flexibility index (Phi) is 10.3. The van der Waals surface area contributed by atoms with E-state index in [2.05, 4.69) is 57.8 Å². The molecule has 0 aliphatic carbocycles. The number of ketones is 2. The number of ether oxygens (including phenoxy) is 2. The van der Waals surface area contributed by atoms with E-state index in [0.717, 1.165) is 18.2 Å². The molecule has 13 heteroatoms. The van der Waals surface area contributed by atoms with Crippen LogP contribution in [0.1, 0.15) is 31.8 Å². The van der Waals surface area contributed by atoms with E-state index >= 15 is 0 Å². The van der Waals surface area contributed by atoms with Crippen LogP contribution in [0.5, 0.6) is 11.8 Å². The molecule has 0 aliphatic rings. The second-order valence-corrected chi connectivity index (χ2v) is 9.93. The minimum atomic E-state index is -0.834. The largest absolute Gasteiger partial charge is 0.481 e. The summed E-state index contributed by atoms with van der Waals surface area (Å²) in [5.74, 6) is -3.73. The lowest BCUT2D eigenvalue weighted by molar-refractivity contribution is 0.102. The van der Waals surface area contributed by atoms with Crippen LogP contribution in [0.25, 0.3) is 0 Å². The lowest BCUT2D eigenvalue weighted by Gasteiger charge is -2.08. The fourth-order valence-corrected chi connectivity index (χ4v) is 4.22. The molecule has 0 saturated heterocycles. The number of hydrogen-bond donors (Lipinski definition) is 0. The van der Waals surface area contributed by atoms with Crippen molar-refractivity contribution in [1.29, 1.82) is 0 Å². The van der Waals surface area contributed by atoms with Crippen LogP contribution in [0.2, 0.25) is 0 Å². The number of carbonyl (C=O) groups excluding carboxylic acids is 2. The molecule has 0 saturated carbocycles. The van der Waals surface area contributed by atoms with Gasteiger partial charge in [0.2, 0.25) is 11.8 Å². The van der Waals surface area contributed by atoms with Crippen molar-refractivity contribution in [2.24, 2.45) is 0 Å². The number of pyridine rings is 2. The Morgan fingerprint density at radius 1 is 0.692 bits per heavy atom. The van der Waals surface area contributed by atoms with Gasteiger partial charge in [-0.3, -0.25) is 9.59 Å². The van der Waals surface area contributed by atoms with Crippen LogP contribution in [0.15, 0.2) is 68.3 Å². The molecule has 4 aromatic rings. The van der Waals surface area contributed by atoms with Gasteiger partial charge < -0.3 is 9.47 Å². The zero-order chi connectivity index (χ0) is 28.9. The highest BCUT2D eigenvalue weighted by Crippen LogP contribution is 2.31. The zero-order valence-electron chi connectivity index (χ0n) is 19.9. The molecule has 2 aromatic carbocycles. The van der Waals surface area contributed by atoms with Crippen molar-refractivity contribution in [2.75, 3.05) is 14.2 Å². The second kappa shape index (κ2) is 13.3. The van der Waals surface area contributed by atoms with Crippen LogP contribution in [0.4, 0.5) is 17.6 Å². The first kappa shape index (κ1) is 30.4. The minimum Gasteiger partial charge on any atom is -0.481 e. The number of methoxy groups -OCH3 is 2. The van der Waals surface area contributed by atoms with Crippen molar-refractivity contribution in [1.82, 2.24) is 9.97 Å². The maximum absolute atomic E-state index is 14.0. The van der Waals surface area contributed by atoms with E-state index in [-0.39, 0.29) is 35.7 Å². The fourth-order valence-electron chi connectivity index (χ4n) is 3.04. The number of rotatable bonds is 6. The van der Waals surface area contributed by atoms with Crippen LogP contribution in [-0.2, 0) is 0 Å². The lowest BCUT2D eigenvalue weighted by Crippen LogP contribution is -2.08. The molecule has 0 atom stereocenters. The first-order chi connectivity index (χ1) is 18.5. The predicted octanol–water partition coefficient (Wildman–Crippen LogP) is 7.49. The second-order valence-electron chi connectivity index (χ2n) is 7.43. The molecule has 2 heterocycles. The minimum absolute atomic E-state index is 0.0330. The SMILES string of the molecule is COc1ccc(C(=O)c2c(F)c(Br)cc(F)c2Br)cn1.COc1ccc(C(=O)c2cc(F)c(Br)cc2F)cn1. The van der Waals surface area contributed by atoms with Gasteiger partial charge >= 0.3 is 0 Å². The Morgan fingerprint density at radius 3 is 1.69 bits per heavy atom. The summed E-state index contributed by atoms with van der Waals surface area (Å²) < 4.78 is 63.9. The highest BCUT2D eigenvalue weighted by molar-refractivity contribution is 9.11. The maximum Gasteiger partial charge on any atom is 0.212 e. The molecule has 0 amide bonds. The number of carbonyl (C=O) groups is 2. The Hall–Kier alpha value is -3.16. The molecule has 39 heavy (non-hydrogen) atoms. The summed E-state index contributed by atoms with van der Waals surface area (Å²) in [5.41, 5.74) is -0.444. The first-order valence-electron chi connectivity index (χ1n) is 10.6. The number of benzene rings is 2. The summed E-state index contributed by atoms with van der Waals surface area (Å²) in [7, 11) is 2.87. The molecule has 0 unspecified atom stereocenters. The molecular weight excluding hydrogens is 720 g/mol. The van der Waals surface area contributed by atoms with Crippen LogP contribution in [0, 0.1) is 23.3 Å². The van der Waals surface area contributed by atoms with Crippen LogP contribution in [0.3, 0.4) is 0 Å². The van der Waals surface area contributed by atoms with Gasteiger partial charge in [-0.15, -0.1) is 0 Å². The van der Waals surface area contributed by atoms with Crippen LogP contribution < -0.4 is 9.47 Å². The van der Waals surface area contributed by atoms with E-state index in [1.807, 2.05) is 0 Å². The van der Waals surface area contributed by atoms with Gasteiger partial charge in [0.25, 0.3) is 0 Å². The van der Waals surface area contributed by atoms with E-state index in [1.54, 1.807) is 0 Å². The fraction of sp³-hybridized carbons (Fsp3) is 0.0769. The monoisotopic (exact) mass is 732 g/mol. The van der Waals surface area contributed by atoms with Crippen LogP contribution in [-0.4, -0.2) is 35.8 Å². The Labute approximate surface area is 244 Å². The maximum atomic E-state index is 14.0. The van der Waals surface area contributed by atoms with Gasteiger partial charge in [-0.05, 0) is 78.1 Å². The lowest BCUT2D eigenvalue weighted by atomic mass is 10.0. The van der Waals surface area contributed by atoms with E-state index in [0.29, 0.717) is 11.8 Å². The van der Waals surface area contributed by atoms with Gasteiger partial charge in [0, 0.05) is 35.7 Å². The van der Waals surface area contributed by atoms with Gasteiger partial charge in [-0.2, -0.15) is 0 Å². The summed E-state index contributed by atoms with van der Waals surface area (Å²) in [6, 6.07) is 8.52. The topological polar surface area (TPSA) is 78.4 Å². The van der Waals surface area contributed by atoms with Crippen molar-refractivity contribution in [2.45, 2.75) is 0 Å². The Morgan fingerprint density at radius 2 is 1.21 bits per heavy atom. The van der Waals surface area contributed by atoms with E-state index in [1.165, 1.54) is 50.9 Å². The summed E-state index contributed by atoms with van der Waals surface area (Å²) >= 11 is 8.61. The molecule has 0 radical (unpaired) electrons. The molecule has 0 spiro atoms. The van der Waals surface area contributed by atoms with E-state index in [4.69, 9.17) is 9.47 Å². The number of nitrogens with zero attached hydrogens (tertiary/aromatic N) is 2. The quantitative estimate of drug-likeness (QED) is 0.116. The molecule has 2 aromatic heterocycles. The smallest absolute Gasteiger partial charge is 0.212 e. The van der Waals surface area contributed by atoms with Crippen LogP contribution >= 0.6 is 47.8 Å². The first-order valence-corrected chi connectivity index (χ1v) is 12.9. The van der Waals surface area contributed by atoms with Crippen molar-refractivity contribution in [3.05, 3.63) is 114 Å². The van der Waals surface area contributed by atoms with Crippen molar-refractivity contribution in [3.63, 3.8) is 0 Å². The zero-order valence-corrected chi connectivity index (χ0v) is 24.6. The molecular formula is C26H15Br3F4N2O4. The van der Waals surface area contributed by atoms with Gasteiger partial charge in [-0.1, -0.05) is 0 Å². The van der Waals surface area contributed by atoms with Crippen molar-refractivity contribution < 1.29 is 36.6 Å². The van der Waals surface area contributed by atoms with Gasteiger partial charge in [0.15, 0.2) is 11.6 Å². The highest BCUT2D eigenvalue weighted by atomic mass is 79.9. The molecule has 0 bridgehead atoms. The third-order valence-electron chi connectivity index (χ3n) is 5.01. The van der Waals surface area contributed by atoms with Gasteiger partial charge in [0.1, 0.15) is 23.3 Å². The van der Waals surface area contributed by atoms with E-state index in [9.17, 15) is 27.2 Å². The number of aromatic nitrogens is 2. The van der Waals surface area contributed by atoms with Gasteiger partial charge in [0.05, 0.1) is 38.8 Å². The van der Waals surface area contributed by atoms with E-state index < -0.39 is 34.8 Å². The average Bonchev–Trinajstić information content (AvgIpc) is 2.94. The van der Waals surface area contributed by atoms with Gasteiger partial charge in [-0.25, -0.2) is 27.5 Å². The molecule has 0 aliphatic heterocycles. The standard InChI is InChI=1S/C13H7Br2F2NO2.C13H8BrF2NO2/c1-20-9-3-2-6(5-18-9)13(19)10-11(15)8(16)4-7(14)12(10)17;1-19-12-3-2-7(6-17-12)13(18)8-4-11(16)9(14)5-10(8)15/h2-5H,1H3;2-6H,1H3. The normalized spacial score (nSPS) is 10.4. The molecule has 0 fully saturated rings. The summed E-state index contributed by atoms with van der Waals surface area (Å²) in [4.78, 5) is 32.0. The highest BCUT2D eigenvalue weighted by Gasteiger charge is 2.23. The third-order valence-corrected chi connectivity index (χ3v) is 6.97. The third kappa shape index (κ3) is 7.08. The average molecular weight is 735 g/mol. The summed E-state index contributed by atoms with van der Waals surface area (Å²) in [6.07, 6.45) is 2.49. The molecule has 6 nitrogen and oxygen atoms in total. The summed E-state index contributed by atoms with van der Waals surface area (Å²) in [5, 5.41) is 0. The Balaban J connectivity index is 0.000000216. The molecule has 0 N–H and O–H groups in total. The Bertz CT molecular complexity index is 1510. The molecule has 4 rings (SSSR count). The molecule has 202 valence electrons. The van der Waals surface area contributed by atoms with Crippen molar-refractivity contribution >= 4 is 59.4 Å². The van der Waals surface area contributed by atoms with Crippen molar-refractivity contribution in [3.8, 4) is 11.8 Å². The predicted molar refractivity (Wildman–Crippen MR) is 144 cm³/mol. The summed E-state index contributed by atoms with van der Waals surface area (Å²) in [6.45, 7) is 0. The number of halogens is 7.